The van der Waals surface area contributed by atoms with Gasteiger partial charge in [-0.25, -0.2) is 8.42 Å². The van der Waals surface area contributed by atoms with E-state index in [2.05, 4.69) is 15.4 Å². The summed E-state index contributed by atoms with van der Waals surface area (Å²) in [4.78, 5) is 23.7. The van der Waals surface area contributed by atoms with Gasteiger partial charge in [0.05, 0.1) is 6.26 Å². The minimum absolute atomic E-state index is 0.0740. The Morgan fingerprint density at radius 2 is 1.58 bits per heavy atom. The molecule has 3 N–H and O–H groups in total. The summed E-state index contributed by atoms with van der Waals surface area (Å²) in [6.07, 6.45) is 1.08. The molecule has 1 atom stereocenters. The first kappa shape index (κ1) is 19.5. The van der Waals surface area contributed by atoms with Crippen molar-refractivity contribution < 1.29 is 18.0 Å². The summed E-state index contributed by atoms with van der Waals surface area (Å²) in [6, 6.07) is 12.7. The molecule has 2 aromatic rings. The number of carbonyl (C=O) groups is 2. The van der Waals surface area contributed by atoms with Crippen molar-refractivity contribution in [3.05, 3.63) is 54.1 Å². The summed E-state index contributed by atoms with van der Waals surface area (Å²) in [5.74, 6) is -0.334. The highest BCUT2D eigenvalue weighted by atomic mass is 32.2. The predicted molar refractivity (Wildman–Crippen MR) is 103 cm³/mol. The quantitative estimate of drug-likeness (QED) is 0.646. The zero-order valence-electron chi connectivity index (χ0n) is 14.7. The standard InChI is InChI=1S/C18H21N3O4S/c1-12(18(23)20-17-6-4-5-14(11-17)13(2)22)19-15-7-9-16(10-8-15)21-26(3,24)25/h4-12,19,21H,1-3H3,(H,20,23)/t12-/m1/s1. The van der Waals surface area contributed by atoms with Crippen LogP contribution in [-0.4, -0.2) is 32.4 Å². The van der Waals surface area contributed by atoms with E-state index in [1.165, 1.54) is 6.92 Å². The molecule has 0 aliphatic carbocycles. The second-order valence-corrected chi connectivity index (χ2v) is 7.69. The van der Waals surface area contributed by atoms with Crippen LogP contribution in [0.5, 0.6) is 0 Å². The van der Waals surface area contributed by atoms with Gasteiger partial charge in [-0.2, -0.15) is 0 Å². The van der Waals surface area contributed by atoms with Gasteiger partial charge in [0.15, 0.2) is 5.78 Å². The number of carbonyl (C=O) groups excluding carboxylic acids is 2. The van der Waals surface area contributed by atoms with Crippen LogP contribution in [0.1, 0.15) is 24.2 Å². The first-order valence-corrected chi connectivity index (χ1v) is 9.79. The van der Waals surface area contributed by atoms with Crippen molar-refractivity contribution in [3.8, 4) is 0 Å². The molecule has 0 aliphatic heterocycles. The van der Waals surface area contributed by atoms with Crippen LogP contribution >= 0.6 is 0 Å². The molecule has 0 bridgehead atoms. The Morgan fingerprint density at radius 3 is 2.15 bits per heavy atom. The Hall–Kier alpha value is -2.87. The Labute approximate surface area is 152 Å². The summed E-state index contributed by atoms with van der Waals surface area (Å²) in [5.41, 5.74) is 2.18. The van der Waals surface area contributed by atoms with Crippen LogP contribution in [-0.2, 0) is 14.8 Å². The fourth-order valence-corrected chi connectivity index (χ4v) is 2.79. The molecule has 0 saturated carbocycles. The summed E-state index contributed by atoms with van der Waals surface area (Å²) in [5, 5.41) is 5.79. The highest BCUT2D eigenvalue weighted by Crippen LogP contribution is 2.16. The molecule has 0 saturated heterocycles. The van der Waals surface area contributed by atoms with Crippen molar-refractivity contribution in [2.45, 2.75) is 19.9 Å². The van der Waals surface area contributed by atoms with Gasteiger partial charge in [-0.1, -0.05) is 12.1 Å². The lowest BCUT2D eigenvalue weighted by molar-refractivity contribution is -0.116. The Morgan fingerprint density at radius 1 is 0.962 bits per heavy atom. The number of sulfonamides is 1. The minimum Gasteiger partial charge on any atom is -0.374 e. The smallest absolute Gasteiger partial charge is 0.246 e. The average Bonchev–Trinajstić information content (AvgIpc) is 2.55. The van der Waals surface area contributed by atoms with Gasteiger partial charge in [-0.05, 0) is 50.2 Å². The van der Waals surface area contributed by atoms with Crippen molar-refractivity contribution >= 4 is 38.8 Å². The number of hydrogen-bond acceptors (Lipinski definition) is 5. The van der Waals surface area contributed by atoms with Crippen LogP contribution < -0.4 is 15.4 Å². The third-order valence-electron chi connectivity index (χ3n) is 3.50. The lowest BCUT2D eigenvalue weighted by Crippen LogP contribution is -2.31. The monoisotopic (exact) mass is 375 g/mol. The number of nitrogens with one attached hydrogen (secondary N) is 3. The van der Waals surface area contributed by atoms with Gasteiger partial charge in [-0.15, -0.1) is 0 Å². The molecule has 2 rings (SSSR count). The molecular weight excluding hydrogens is 354 g/mol. The first-order valence-electron chi connectivity index (χ1n) is 7.90. The number of benzene rings is 2. The van der Waals surface area contributed by atoms with E-state index >= 15 is 0 Å². The van der Waals surface area contributed by atoms with Crippen LogP contribution in [0.15, 0.2) is 48.5 Å². The van der Waals surface area contributed by atoms with Gasteiger partial charge < -0.3 is 10.6 Å². The number of Topliss-reactive ketones (excluding diaryl/α,β-unsaturated/α-hetero) is 1. The normalized spacial score (nSPS) is 12.1. The van der Waals surface area contributed by atoms with Gasteiger partial charge in [0.2, 0.25) is 15.9 Å². The highest BCUT2D eigenvalue weighted by Gasteiger charge is 2.13. The van der Waals surface area contributed by atoms with E-state index in [4.69, 9.17) is 0 Å². The van der Waals surface area contributed by atoms with E-state index in [0.717, 1.165) is 6.26 Å². The number of ketones is 1. The highest BCUT2D eigenvalue weighted by molar-refractivity contribution is 7.92. The summed E-state index contributed by atoms with van der Waals surface area (Å²) < 4.78 is 24.8. The number of amides is 1. The molecule has 8 heteroatoms. The van der Waals surface area contributed by atoms with Crippen LogP contribution in [0.2, 0.25) is 0 Å². The minimum atomic E-state index is -3.33. The molecule has 7 nitrogen and oxygen atoms in total. The Balaban J connectivity index is 1.98. The van der Waals surface area contributed by atoms with Gasteiger partial charge in [0.1, 0.15) is 6.04 Å². The third kappa shape index (κ3) is 5.89. The fourth-order valence-electron chi connectivity index (χ4n) is 2.23. The second-order valence-electron chi connectivity index (χ2n) is 5.94. The van der Waals surface area contributed by atoms with Crippen LogP contribution in [0.25, 0.3) is 0 Å². The molecule has 0 fully saturated rings. The van der Waals surface area contributed by atoms with Crippen molar-refractivity contribution in [1.82, 2.24) is 0 Å². The molecule has 138 valence electrons. The van der Waals surface area contributed by atoms with Crippen molar-refractivity contribution in [2.75, 3.05) is 21.6 Å². The van der Waals surface area contributed by atoms with E-state index in [1.54, 1.807) is 55.5 Å². The third-order valence-corrected chi connectivity index (χ3v) is 4.11. The molecule has 1 amide bonds. The molecule has 2 aromatic carbocycles. The van der Waals surface area contributed by atoms with Gasteiger partial charge in [-0.3, -0.25) is 14.3 Å². The topological polar surface area (TPSA) is 104 Å². The van der Waals surface area contributed by atoms with Crippen molar-refractivity contribution in [3.63, 3.8) is 0 Å². The van der Waals surface area contributed by atoms with Crippen LogP contribution in [0.3, 0.4) is 0 Å². The maximum Gasteiger partial charge on any atom is 0.246 e. The largest absolute Gasteiger partial charge is 0.374 e. The van der Waals surface area contributed by atoms with Gasteiger partial charge in [0, 0.05) is 22.6 Å². The molecule has 0 spiro atoms. The average molecular weight is 375 g/mol. The van der Waals surface area contributed by atoms with Crippen LogP contribution in [0.4, 0.5) is 17.1 Å². The molecule has 0 aliphatic rings. The molecule has 26 heavy (non-hydrogen) atoms. The number of anilines is 3. The van der Waals surface area contributed by atoms with Crippen molar-refractivity contribution in [1.29, 1.82) is 0 Å². The molecular formula is C18H21N3O4S. The predicted octanol–water partition coefficient (Wildman–Crippen LogP) is 2.70. The lowest BCUT2D eigenvalue weighted by atomic mass is 10.1. The molecule has 0 radical (unpaired) electrons. The van der Waals surface area contributed by atoms with E-state index in [1.807, 2.05) is 0 Å². The van der Waals surface area contributed by atoms with Gasteiger partial charge >= 0.3 is 0 Å². The Kier molecular flexibility index (Phi) is 5.99. The molecule has 0 unspecified atom stereocenters. The van der Waals surface area contributed by atoms with E-state index in [0.29, 0.717) is 22.6 Å². The van der Waals surface area contributed by atoms with Crippen LogP contribution in [0, 0.1) is 0 Å². The number of hydrogen-bond donors (Lipinski definition) is 3. The Bertz CT molecular complexity index is 908. The van der Waals surface area contributed by atoms with E-state index in [-0.39, 0.29) is 11.7 Å². The zero-order valence-corrected chi connectivity index (χ0v) is 15.6. The fraction of sp³-hybridized carbons (Fsp3) is 0.222. The molecule has 0 aromatic heterocycles. The van der Waals surface area contributed by atoms with Gasteiger partial charge in [0.25, 0.3) is 0 Å². The SMILES string of the molecule is CC(=O)c1cccc(NC(=O)[C@@H](C)Nc2ccc(NS(C)(=O)=O)cc2)c1. The second kappa shape index (κ2) is 8.01. The maximum atomic E-state index is 12.3. The van der Waals surface area contributed by atoms with Crippen molar-refractivity contribution in [2.24, 2.45) is 0 Å². The first-order chi connectivity index (χ1) is 12.1. The summed E-state index contributed by atoms with van der Waals surface area (Å²) in [7, 11) is -3.33. The van der Waals surface area contributed by atoms with E-state index in [9.17, 15) is 18.0 Å². The lowest BCUT2D eigenvalue weighted by Gasteiger charge is -2.16. The summed E-state index contributed by atoms with van der Waals surface area (Å²) in [6.45, 7) is 3.17. The van der Waals surface area contributed by atoms with E-state index < -0.39 is 16.1 Å². The maximum absolute atomic E-state index is 12.3. The number of rotatable bonds is 7. The zero-order chi connectivity index (χ0) is 19.3. The summed E-state index contributed by atoms with van der Waals surface area (Å²) >= 11 is 0. The molecule has 0 heterocycles.